The molecule has 2 aromatic rings. The summed E-state index contributed by atoms with van der Waals surface area (Å²) in [5.41, 5.74) is 0.838. The van der Waals surface area contributed by atoms with Crippen LogP contribution in [0.25, 0.3) is 11.0 Å². The van der Waals surface area contributed by atoms with Crippen LogP contribution in [0.15, 0.2) is 12.3 Å². The van der Waals surface area contributed by atoms with Gasteiger partial charge >= 0.3 is 5.97 Å². The summed E-state index contributed by atoms with van der Waals surface area (Å²) in [6, 6.07) is 1.55. The van der Waals surface area contributed by atoms with Crippen molar-refractivity contribution in [1.82, 2.24) is 9.55 Å². The van der Waals surface area contributed by atoms with Gasteiger partial charge in [-0.3, -0.25) is 4.79 Å². The maximum atomic E-state index is 12.7. The highest BCUT2D eigenvalue weighted by Gasteiger charge is 2.27. The van der Waals surface area contributed by atoms with Gasteiger partial charge in [0.05, 0.1) is 36.3 Å². The standard InChI is InChI=1S/C22H34N4O5/c1-13(2)8-9-26-19(21(28)31-7)18(25-17(27)12-30-6)16-10-15(11-23-20(16)26)24-14(3)22(4,5)29/h10-11,13-14,24,29H,8-9,12H2,1-7H3,(H,25,27)/t14-/m1/s1. The molecule has 9 nitrogen and oxygen atoms in total. The number of pyridine rings is 1. The number of aryl methyl sites for hydroxylation is 1. The molecule has 3 N–H and O–H groups in total. The Bertz CT molecular complexity index is 930. The van der Waals surface area contributed by atoms with E-state index in [4.69, 9.17) is 9.47 Å². The number of carbonyl (C=O) groups excluding carboxylic acids is 2. The van der Waals surface area contributed by atoms with Crippen LogP contribution in [0.1, 0.15) is 51.5 Å². The molecule has 0 spiro atoms. The van der Waals surface area contributed by atoms with Crippen LogP contribution in [0.4, 0.5) is 11.4 Å². The summed E-state index contributed by atoms with van der Waals surface area (Å²) in [5.74, 6) is -0.546. The van der Waals surface area contributed by atoms with Crippen molar-refractivity contribution in [1.29, 1.82) is 0 Å². The number of nitrogens with zero attached hydrogens (tertiary/aromatic N) is 2. The number of aromatic nitrogens is 2. The van der Waals surface area contributed by atoms with Gasteiger partial charge in [-0.15, -0.1) is 0 Å². The van der Waals surface area contributed by atoms with Crippen molar-refractivity contribution in [3.8, 4) is 0 Å². The second kappa shape index (κ2) is 10.1. The van der Waals surface area contributed by atoms with E-state index in [1.807, 2.05) is 13.0 Å². The number of aliphatic hydroxyl groups is 1. The molecule has 0 fully saturated rings. The number of ether oxygens (including phenoxy) is 2. The molecule has 2 heterocycles. The highest BCUT2D eigenvalue weighted by atomic mass is 16.5. The van der Waals surface area contributed by atoms with Crippen molar-refractivity contribution in [2.75, 3.05) is 31.5 Å². The number of hydrogen-bond donors (Lipinski definition) is 3. The Morgan fingerprint density at radius 2 is 1.94 bits per heavy atom. The molecule has 172 valence electrons. The fourth-order valence-electron chi connectivity index (χ4n) is 3.08. The third-order valence-corrected chi connectivity index (χ3v) is 5.19. The van der Waals surface area contributed by atoms with Gasteiger partial charge in [-0.2, -0.15) is 0 Å². The van der Waals surface area contributed by atoms with Gasteiger partial charge in [0, 0.05) is 19.0 Å². The molecule has 1 amide bonds. The third kappa shape index (κ3) is 5.95. The first kappa shape index (κ1) is 24.6. The fraction of sp³-hybridized carbons (Fsp3) is 0.591. The van der Waals surface area contributed by atoms with E-state index in [2.05, 4.69) is 29.5 Å². The van der Waals surface area contributed by atoms with Crippen LogP contribution in [0.5, 0.6) is 0 Å². The van der Waals surface area contributed by atoms with Gasteiger partial charge in [0.1, 0.15) is 12.3 Å². The number of carbonyl (C=O) groups is 2. The van der Waals surface area contributed by atoms with Crippen LogP contribution >= 0.6 is 0 Å². The van der Waals surface area contributed by atoms with Crippen molar-refractivity contribution in [2.45, 2.75) is 59.2 Å². The summed E-state index contributed by atoms with van der Waals surface area (Å²) in [6.07, 6.45) is 2.47. The average Bonchev–Trinajstić information content (AvgIpc) is 2.98. The Labute approximate surface area is 183 Å². The number of anilines is 2. The second-order valence-electron chi connectivity index (χ2n) is 8.65. The summed E-state index contributed by atoms with van der Waals surface area (Å²) < 4.78 is 11.7. The van der Waals surface area contributed by atoms with Crippen LogP contribution in [0.3, 0.4) is 0 Å². The number of hydrogen-bond acceptors (Lipinski definition) is 7. The molecule has 0 bridgehead atoms. The van der Waals surface area contributed by atoms with Crippen LogP contribution in [-0.4, -0.2) is 59.0 Å². The molecule has 1 atom stereocenters. The number of esters is 1. The minimum atomic E-state index is -0.954. The van der Waals surface area contributed by atoms with Crippen molar-refractivity contribution < 1.29 is 24.2 Å². The number of amides is 1. The number of nitrogens with one attached hydrogen (secondary N) is 2. The van der Waals surface area contributed by atoms with Crippen molar-refractivity contribution >= 4 is 34.3 Å². The van der Waals surface area contributed by atoms with Gasteiger partial charge in [0.25, 0.3) is 0 Å². The first-order chi connectivity index (χ1) is 14.5. The fourth-order valence-corrected chi connectivity index (χ4v) is 3.08. The molecule has 0 aromatic carbocycles. The minimum absolute atomic E-state index is 0.152. The van der Waals surface area contributed by atoms with Gasteiger partial charge in [0.2, 0.25) is 5.91 Å². The van der Waals surface area contributed by atoms with E-state index < -0.39 is 17.5 Å². The molecular weight excluding hydrogens is 400 g/mol. The van der Waals surface area contributed by atoms with Crippen molar-refractivity contribution in [2.24, 2.45) is 5.92 Å². The van der Waals surface area contributed by atoms with Gasteiger partial charge in [0.15, 0.2) is 5.69 Å². The molecule has 31 heavy (non-hydrogen) atoms. The van der Waals surface area contributed by atoms with Crippen LogP contribution in [-0.2, 0) is 20.8 Å². The smallest absolute Gasteiger partial charge is 0.356 e. The lowest BCUT2D eigenvalue weighted by atomic mass is 10.0. The summed E-state index contributed by atoms with van der Waals surface area (Å²) in [7, 11) is 2.73. The van der Waals surface area contributed by atoms with E-state index >= 15 is 0 Å². The lowest BCUT2D eigenvalue weighted by Gasteiger charge is -2.27. The molecule has 0 aliphatic rings. The quantitative estimate of drug-likeness (QED) is 0.492. The lowest BCUT2D eigenvalue weighted by molar-refractivity contribution is -0.119. The predicted octanol–water partition coefficient (Wildman–Crippen LogP) is 3.03. The van der Waals surface area contributed by atoms with Crippen molar-refractivity contribution in [3.05, 3.63) is 18.0 Å². The monoisotopic (exact) mass is 434 g/mol. The lowest BCUT2D eigenvalue weighted by Crippen LogP contribution is -2.39. The molecule has 0 saturated carbocycles. The van der Waals surface area contributed by atoms with Crippen LogP contribution in [0.2, 0.25) is 0 Å². The summed E-state index contributed by atoms with van der Waals surface area (Å²) in [6.45, 7) is 9.87. The molecule has 2 rings (SSSR count). The molecule has 0 unspecified atom stereocenters. The summed E-state index contributed by atoms with van der Waals surface area (Å²) in [5, 5.41) is 16.9. The number of rotatable bonds is 10. The largest absolute Gasteiger partial charge is 0.464 e. The van der Waals surface area contributed by atoms with E-state index in [1.165, 1.54) is 14.2 Å². The SMILES string of the molecule is COCC(=O)Nc1c(C(=O)OC)n(CCC(C)C)c2ncc(N[C@H](C)C(C)(C)O)cc12. The third-order valence-electron chi connectivity index (χ3n) is 5.19. The van der Waals surface area contributed by atoms with E-state index in [-0.39, 0.29) is 18.3 Å². The molecule has 0 radical (unpaired) electrons. The van der Waals surface area contributed by atoms with Gasteiger partial charge in [-0.1, -0.05) is 13.8 Å². The van der Waals surface area contributed by atoms with Gasteiger partial charge in [-0.25, -0.2) is 9.78 Å². The Hall–Kier alpha value is -2.65. The first-order valence-corrected chi connectivity index (χ1v) is 10.4. The predicted molar refractivity (Wildman–Crippen MR) is 120 cm³/mol. The normalized spacial score (nSPS) is 12.8. The number of fused-ring (bicyclic) bond motifs is 1. The van der Waals surface area contributed by atoms with E-state index in [1.54, 1.807) is 24.6 Å². The van der Waals surface area contributed by atoms with E-state index in [0.29, 0.717) is 34.9 Å². The second-order valence-corrected chi connectivity index (χ2v) is 8.65. The topological polar surface area (TPSA) is 115 Å². The maximum absolute atomic E-state index is 12.7. The van der Waals surface area contributed by atoms with Crippen LogP contribution < -0.4 is 10.6 Å². The Balaban J connectivity index is 2.66. The highest BCUT2D eigenvalue weighted by Crippen LogP contribution is 2.33. The van der Waals surface area contributed by atoms with Crippen LogP contribution in [0, 0.1) is 5.92 Å². The molecule has 0 aliphatic heterocycles. The Morgan fingerprint density at radius 1 is 1.26 bits per heavy atom. The average molecular weight is 435 g/mol. The zero-order valence-corrected chi connectivity index (χ0v) is 19.4. The summed E-state index contributed by atoms with van der Waals surface area (Å²) >= 11 is 0. The molecule has 0 saturated heterocycles. The van der Waals surface area contributed by atoms with Crippen molar-refractivity contribution in [3.63, 3.8) is 0 Å². The van der Waals surface area contributed by atoms with E-state index in [0.717, 1.165) is 6.42 Å². The first-order valence-electron chi connectivity index (χ1n) is 10.4. The Morgan fingerprint density at radius 3 is 2.48 bits per heavy atom. The zero-order chi connectivity index (χ0) is 23.3. The highest BCUT2D eigenvalue weighted by molar-refractivity contribution is 6.11. The molecule has 0 aliphatic carbocycles. The zero-order valence-electron chi connectivity index (χ0n) is 19.4. The molecule has 2 aromatic heterocycles. The molecule has 9 heteroatoms. The minimum Gasteiger partial charge on any atom is -0.464 e. The number of methoxy groups -OCH3 is 2. The summed E-state index contributed by atoms with van der Waals surface area (Å²) in [4.78, 5) is 29.6. The maximum Gasteiger partial charge on any atom is 0.356 e. The Kier molecular flexibility index (Phi) is 8.02. The molecular formula is C22H34N4O5. The van der Waals surface area contributed by atoms with Gasteiger partial charge < -0.3 is 29.8 Å². The van der Waals surface area contributed by atoms with Gasteiger partial charge in [-0.05, 0) is 39.2 Å². The van der Waals surface area contributed by atoms with E-state index in [9.17, 15) is 14.7 Å².